The van der Waals surface area contributed by atoms with Crippen molar-refractivity contribution in [2.45, 2.75) is 12.2 Å². The Morgan fingerprint density at radius 3 is 2.68 bits per heavy atom. The molecule has 1 heterocycles. The van der Waals surface area contributed by atoms with Crippen molar-refractivity contribution in [3.63, 3.8) is 0 Å². The number of amides is 1. The van der Waals surface area contributed by atoms with Crippen molar-refractivity contribution in [2.24, 2.45) is 0 Å². The summed E-state index contributed by atoms with van der Waals surface area (Å²) in [6.45, 7) is -1.52. The molecule has 0 saturated carbocycles. The summed E-state index contributed by atoms with van der Waals surface area (Å²) in [6, 6.07) is 3.12. The lowest BCUT2D eigenvalue weighted by Gasteiger charge is -2.22. The second-order valence-corrected chi connectivity index (χ2v) is 4.07. The van der Waals surface area contributed by atoms with Gasteiger partial charge in [-0.25, -0.2) is 4.79 Å². The maximum absolute atomic E-state index is 11.8. The zero-order valence-electron chi connectivity index (χ0n) is 10.5. The molecule has 1 aromatic rings. The summed E-state index contributed by atoms with van der Waals surface area (Å²) < 4.78 is 44.7. The minimum atomic E-state index is -4.53. The number of alkyl carbamates (subject to hydrolysis) is 1. The van der Waals surface area contributed by atoms with E-state index in [2.05, 4.69) is 10.1 Å². The van der Waals surface area contributed by atoms with Gasteiger partial charge in [0.2, 0.25) is 0 Å². The van der Waals surface area contributed by atoms with Gasteiger partial charge in [0.15, 0.2) is 6.61 Å². The number of alkyl halides is 3. The van der Waals surface area contributed by atoms with Gasteiger partial charge in [-0.3, -0.25) is 4.90 Å². The molecule has 1 unspecified atom stereocenters. The highest BCUT2D eigenvalue weighted by Crippen LogP contribution is 2.18. The van der Waals surface area contributed by atoms with E-state index in [0.717, 1.165) is 0 Å². The zero-order chi connectivity index (χ0) is 14.5. The fourth-order valence-electron chi connectivity index (χ4n) is 1.40. The van der Waals surface area contributed by atoms with Crippen molar-refractivity contribution in [2.75, 3.05) is 27.2 Å². The van der Waals surface area contributed by atoms with E-state index >= 15 is 0 Å². The third kappa shape index (κ3) is 5.64. The molecule has 108 valence electrons. The van der Waals surface area contributed by atoms with E-state index in [9.17, 15) is 18.0 Å². The van der Waals surface area contributed by atoms with Gasteiger partial charge in [0.25, 0.3) is 0 Å². The number of halogens is 3. The molecular formula is C11H15F3N2O3. The molecule has 0 radical (unpaired) electrons. The molecule has 8 heteroatoms. The molecule has 0 aliphatic carbocycles. The number of hydrogen-bond donors (Lipinski definition) is 1. The Hall–Kier alpha value is -1.70. The third-order valence-electron chi connectivity index (χ3n) is 2.30. The molecule has 1 aromatic heterocycles. The van der Waals surface area contributed by atoms with E-state index in [4.69, 9.17) is 4.42 Å². The van der Waals surface area contributed by atoms with Crippen molar-refractivity contribution < 1.29 is 27.1 Å². The number of furan rings is 1. The number of hydrogen-bond acceptors (Lipinski definition) is 4. The van der Waals surface area contributed by atoms with Gasteiger partial charge in [-0.15, -0.1) is 0 Å². The number of rotatable bonds is 5. The first-order valence-corrected chi connectivity index (χ1v) is 5.47. The van der Waals surface area contributed by atoms with Crippen LogP contribution < -0.4 is 5.32 Å². The van der Waals surface area contributed by atoms with Crippen molar-refractivity contribution in [3.05, 3.63) is 24.2 Å². The average Bonchev–Trinajstić information content (AvgIpc) is 2.78. The van der Waals surface area contributed by atoms with Gasteiger partial charge < -0.3 is 14.5 Å². The summed E-state index contributed by atoms with van der Waals surface area (Å²) in [5.41, 5.74) is 0. The lowest BCUT2D eigenvalue weighted by Crippen LogP contribution is -2.36. The van der Waals surface area contributed by atoms with Gasteiger partial charge in [-0.2, -0.15) is 13.2 Å². The van der Waals surface area contributed by atoms with Crippen molar-refractivity contribution in [3.8, 4) is 0 Å². The molecule has 0 bridgehead atoms. The van der Waals surface area contributed by atoms with Crippen LogP contribution in [0.1, 0.15) is 11.8 Å². The molecule has 5 nitrogen and oxygen atoms in total. The molecule has 0 aliphatic heterocycles. The fraction of sp³-hybridized carbons (Fsp3) is 0.545. The summed E-state index contributed by atoms with van der Waals surface area (Å²) in [6.07, 6.45) is -4.16. The highest BCUT2D eigenvalue weighted by atomic mass is 19.4. The molecule has 0 fully saturated rings. The molecule has 0 spiro atoms. The summed E-state index contributed by atoms with van der Waals surface area (Å²) in [7, 11) is 3.52. The number of carbonyl (C=O) groups excluding carboxylic acids is 1. The first-order valence-electron chi connectivity index (χ1n) is 5.47. The monoisotopic (exact) mass is 280 g/mol. The number of likely N-dealkylation sites (N-methyl/N-ethyl adjacent to an activating group) is 1. The highest BCUT2D eigenvalue weighted by molar-refractivity contribution is 5.67. The van der Waals surface area contributed by atoms with Crippen LogP contribution in [-0.4, -0.2) is 44.4 Å². The maximum Gasteiger partial charge on any atom is 0.422 e. The minimum Gasteiger partial charge on any atom is -0.468 e. The van der Waals surface area contributed by atoms with Gasteiger partial charge in [-0.05, 0) is 26.2 Å². The van der Waals surface area contributed by atoms with E-state index in [1.807, 2.05) is 0 Å². The molecule has 1 amide bonds. The largest absolute Gasteiger partial charge is 0.468 e. The molecule has 1 rings (SSSR count). The normalized spacial score (nSPS) is 13.4. The Bertz CT molecular complexity index is 390. The van der Waals surface area contributed by atoms with Crippen LogP contribution in [0.3, 0.4) is 0 Å². The smallest absolute Gasteiger partial charge is 0.422 e. The first kappa shape index (κ1) is 15.4. The summed E-state index contributed by atoms with van der Waals surface area (Å²) in [5, 5.41) is 2.26. The van der Waals surface area contributed by atoms with Crippen LogP contribution in [0.4, 0.5) is 18.0 Å². The van der Waals surface area contributed by atoms with Crippen molar-refractivity contribution in [1.82, 2.24) is 10.2 Å². The second-order valence-electron chi connectivity index (χ2n) is 4.07. The number of ether oxygens (including phenoxy) is 1. The molecule has 0 aliphatic rings. The lowest BCUT2D eigenvalue weighted by atomic mass is 10.2. The Morgan fingerprint density at radius 1 is 1.53 bits per heavy atom. The van der Waals surface area contributed by atoms with E-state index < -0.39 is 18.9 Å². The summed E-state index contributed by atoms with van der Waals surface area (Å²) in [4.78, 5) is 12.9. The standard InChI is InChI=1S/C11H15F3N2O3/c1-16(2)8(9-4-3-5-18-9)6-15-10(17)19-7-11(12,13)14/h3-5,8H,6-7H2,1-2H3,(H,15,17). The van der Waals surface area contributed by atoms with Crippen LogP contribution in [0, 0.1) is 0 Å². The second kappa shape index (κ2) is 6.46. The van der Waals surface area contributed by atoms with Crippen molar-refractivity contribution in [1.29, 1.82) is 0 Å². The Kier molecular flexibility index (Phi) is 5.22. The fourth-order valence-corrected chi connectivity index (χ4v) is 1.40. The van der Waals surface area contributed by atoms with Crippen LogP contribution in [0.15, 0.2) is 22.8 Å². The molecule has 1 atom stereocenters. The number of nitrogens with zero attached hydrogens (tertiary/aromatic N) is 1. The Balaban J connectivity index is 2.43. The minimum absolute atomic E-state index is 0.0806. The van der Waals surface area contributed by atoms with Crippen LogP contribution in [-0.2, 0) is 4.74 Å². The highest BCUT2D eigenvalue weighted by Gasteiger charge is 2.29. The quantitative estimate of drug-likeness (QED) is 0.898. The predicted molar refractivity (Wildman–Crippen MR) is 60.5 cm³/mol. The lowest BCUT2D eigenvalue weighted by molar-refractivity contribution is -0.160. The Morgan fingerprint density at radius 2 is 2.21 bits per heavy atom. The SMILES string of the molecule is CN(C)C(CNC(=O)OCC(F)(F)F)c1ccco1. The molecule has 0 saturated heterocycles. The van der Waals surface area contributed by atoms with Gasteiger partial charge in [0.05, 0.1) is 12.3 Å². The predicted octanol–water partition coefficient (Wildman–Crippen LogP) is 2.17. The van der Waals surface area contributed by atoms with Gasteiger partial charge in [-0.1, -0.05) is 0 Å². The van der Waals surface area contributed by atoms with Gasteiger partial charge in [0.1, 0.15) is 5.76 Å². The summed E-state index contributed by atoms with van der Waals surface area (Å²) in [5.74, 6) is 0.598. The average molecular weight is 280 g/mol. The van der Waals surface area contributed by atoms with Crippen LogP contribution >= 0.6 is 0 Å². The third-order valence-corrected chi connectivity index (χ3v) is 2.30. The molecule has 1 N–H and O–H groups in total. The van der Waals surface area contributed by atoms with Gasteiger partial charge in [0, 0.05) is 6.54 Å². The van der Waals surface area contributed by atoms with E-state index in [1.54, 1.807) is 31.1 Å². The number of carbonyl (C=O) groups is 1. The first-order chi connectivity index (χ1) is 8.79. The van der Waals surface area contributed by atoms with E-state index in [1.165, 1.54) is 6.26 Å². The van der Waals surface area contributed by atoms with Crippen molar-refractivity contribution >= 4 is 6.09 Å². The molecule has 0 aromatic carbocycles. The van der Waals surface area contributed by atoms with Crippen LogP contribution in [0.2, 0.25) is 0 Å². The zero-order valence-corrected chi connectivity index (χ0v) is 10.5. The van der Waals surface area contributed by atoms with Crippen LogP contribution in [0.25, 0.3) is 0 Å². The molecular weight excluding hydrogens is 265 g/mol. The van der Waals surface area contributed by atoms with Gasteiger partial charge >= 0.3 is 12.3 Å². The van der Waals surface area contributed by atoms with E-state index in [0.29, 0.717) is 5.76 Å². The number of nitrogens with one attached hydrogen (secondary N) is 1. The Labute approximate surface area is 108 Å². The maximum atomic E-state index is 11.8. The van der Waals surface area contributed by atoms with Crippen LogP contribution in [0.5, 0.6) is 0 Å². The molecule has 19 heavy (non-hydrogen) atoms. The topological polar surface area (TPSA) is 54.7 Å². The summed E-state index contributed by atoms with van der Waals surface area (Å²) >= 11 is 0. The van der Waals surface area contributed by atoms with E-state index in [-0.39, 0.29) is 12.6 Å².